The first-order valence-electron chi connectivity index (χ1n) is 9.45. The van der Waals surface area contributed by atoms with Crippen LogP contribution >= 0.6 is 0 Å². The molecule has 1 aliphatic heterocycles. The molecule has 2 atom stereocenters. The quantitative estimate of drug-likeness (QED) is 0.712. The summed E-state index contributed by atoms with van der Waals surface area (Å²) >= 11 is 0. The lowest BCUT2D eigenvalue weighted by Gasteiger charge is -2.34. The molecule has 1 fully saturated rings. The van der Waals surface area contributed by atoms with Crippen molar-refractivity contribution in [2.24, 2.45) is 5.92 Å². The van der Waals surface area contributed by atoms with Crippen molar-refractivity contribution < 1.29 is 19.8 Å². The molecule has 0 bridgehead atoms. The van der Waals surface area contributed by atoms with E-state index in [1.807, 2.05) is 60.7 Å². The first kappa shape index (κ1) is 18.9. The van der Waals surface area contributed by atoms with Crippen LogP contribution in [0.5, 0.6) is 0 Å². The number of hydrogen-bond acceptors (Lipinski definition) is 4. The van der Waals surface area contributed by atoms with Gasteiger partial charge in [0, 0.05) is 18.7 Å². The van der Waals surface area contributed by atoms with Crippen LogP contribution in [0.2, 0.25) is 0 Å². The fourth-order valence-electron chi connectivity index (χ4n) is 3.58. The fraction of sp³-hybridized carbons (Fsp3) is 0.227. The Hall–Kier alpha value is -3.45. The smallest absolute Gasteiger partial charge is 0.310 e. The Morgan fingerprint density at radius 2 is 1.66 bits per heavy atom. The molecule has 2 N–H and O–H groups in total. The van der Waals surface area contributed by atoms with Crippen molar-refractivity contribution in [1.29, 1.82) is 0 Å². The van der Waals surface area contributed by atoms with E-state index in [-0.39, 0.29) is 18.9 Å². The first-order valence-corrected chi connectivity index (χ1v) is 9.45. The number of aromatic nitrogens is 2. The first-order chi connectivity index (χ1) is 14.0. The Morgan fingerprint density at radius 1 is 1.00 bits per heavy atom. The number of rotatable bonds is 4. The SMILES string of the molecule is O=C(O)[C@H]1CN(C(=O)c2cc(-c3ccccc3)nn2-c2ccccc2)CC[C@@H]1O. The molecule has 7 nitrogen and oxygen atoms in total. The molecule has 2 heterocycles. The largest absolute Gasteiger partial charge is 0.481 e. The Kier molecular flexibility index (Phi) is 5.14. The standard InChI is InChI=1S/C22H21N3O4/c26-20-11-12-24(14-17(20)22(28)29)21(27)19-13-18(15-7-3-1-4-8-15)23-25(19)16-9-5-2-6-10-16/h1-10,13,17,20,26H,11-12,14H2,(H,28,29)/t17-,20-/m0/s1. The van der Waals surface area contributed by atoms with Gasteiger partial charge in [0.2, 0.25) is 0 Å². The average Bonchev–Trinajstić information content (AvgIpc) is 3.20. The summed E-state index contributed by atoms with van der Waals surface area (Å²) in [5.74, 6) is -2.40. The molecule has 0 saturated carbocycles. The van der Waals surface area contributed by atoms with Gasteiger partial charge in [0.05, 0.1) is 17.5 Å². The predicted octanol–water partition coefficient (Wildman–Crippen LogP) is 2.45. The van der Waals surface area contributed by atoms with Crippen molar-refractivity contribution in [3.63, 3.8) is 0 Å². The van der Waals surface area contributed by atoms with E-state index >= 15 is 0 Å². The van der Waals surface area contributed by atoms with Gasteiger partial charge in [-0.2, -0.15) is 5.10 Å². The minimum atomic E-state index is -1.10. The zero-order valence-electron chi connectivity index (χ0n) is 15.7. The maximum absolute atomic E-state index is 13.3. The van der Waals surface area contributed by atoms with Crippen molar-refractivity contribution >= 4 is 11.9 Å². The number of carboxylic acids is 1. The number of aliphatic hydroxyl groups is 1. The number of aliphatic carboxylic acids is 1. The van der Waals surface area contributed by atoms with Gasteiger partial charge in [0.15, 0.2) is 0 Å². The molecular weight excluding hydrogens is 370 g/mol. The second kappa shape index (κ2) is 7.89. The van der Waals surface area contributed by atoms with Crippen molar-refractivity contribution in [3.8, 4) is 16.9 Å². The highest BCUT2D eigenvalue weighted by Crippen LogP contribution is 2.25. The molecule has 4 rings (SSSR count). The zero-order valence-corrected chi connectivity index (χ0v) is 15.7. The number of benzene rings is 2. The van der Waals surface area contributed by atoms with Crippen molar-refractivity contribution in [1.82, 2.24) is 14.7 Å². The topological polar surface area (TPSA) is 95.7 Å². The van der Waals surface area contributed by atoms with E-state index in [1.165, 1.54) is 4.90 Å². The fourth-order valence-corrected chi connectivity index (χ4v) is 3.58. The number of carbonyl (C=O) groups excluding carboxylic acids is 1. The lowest BCUT2D eigenvalue weighted by atomic mass is 9.94. The Balaban J connectivity index is 1.73. The maximum atomic E-state index is 13.3. The third-order valence-corrected chi connectivity index (χ3v) is 5.18. The van der Waals surface area contributed by atoms with Crippen LogP contribution in [0.4, 0.5) is 0 Å². The van der Waals surface area contributed by atoms with Gasteiger partial charge in [-0.05, 0) is 24.6 Å². The molecule has 1 aromatic heterocycles. The summed E-state index contributed by atoms with van der Waals surface area (Å²) in [7, 11) is 0. The molecule has 2 aromatic carbocycles. The third kappa shape index (κ3) is 3.77. The molecule has 1 aliphatic rings. The number of carbonyl (C=O) groups is 2. The molecule has 148 valence electrons. The lowest BCUT2D eigenvalue weighted by molar-refractivity contribution is -0.148. The van der Waals surface area contributed by atoms with Gasteiger partial charge in [0.25, 0.3) is 5.91 Å². The maximum Gasteiger partial charge on any atom is 0.310 e. The summed E-state index contributed by atoms with van der Waals surface area (Å²) < 4.78 is 1.59. The van der Waals surface area contributed by atoms with Crippen LogP contribution in [0, 0.1) is 5.92 Å². The highest BCUT2D eigenvalue weighted by atomic mass is 16.4. The summed E-state index contributed by atoms with van der Waals surface area (Å²) in [5, 5.41) is 23.9. The molecule has 29 heavy (non-hydrogen) atoms. The van der Waals surface area contributed by atoms with Gasteiger partial charge in [-0.15, -0.1) is 0 Å². The van der Waals surface area contributed by atoms with E-state index in [0.717, 1.165) is 11.3 Å². The molecule has 0 aliphatic carbocycles. The van der Waals surface area contributed by atoms with Gasteiger partial charge in [-0.25, -0.2) is 4.68 Å². The second-order valence-corrected chi connectivity index (χ2v) is 7.08. The highest BCUT2D eigenvalue weighted by Gasteiger charge is 2.36. The molecule has 7 heteroatoms. The van der Waals surface area contributed by atoms with Gasteiger partial charge >= 0.3 is 5.97 Å². The normalized spacial score (nSPS) is 19.1. The monoisotopic (exact) mass is 391 g/mol. The van der Waals surface area contributed by atoms with Crippen molar-refractivity contribution in [2.45, 2.75) is 12.5 Å². The van der Waals surface area contributed by atoms with E-state index in [9.17, 15) is 19.8 Å². The van der Waals surface area contributed by atoms with Crippen LogP contribution in [-0.2, 0) is 4.79 Å². The van der Waals surface area contributed by atoms with E-state index < -0.39 is 18.0 Å². The van der Waals surface area contributed by atoms with Gasteiger partial charge in [-0.1, -0.05) is 48.5 Å². The van der Waals surface area contributed by atoms with Gasteiger partial charge in [-0.3, -0.25) is 9.59 Å². The van der Waals surface area contributed by atoms with Gasteiger partial charge in [0.1, 0.15) is 11.6 Å². The van der Waals surface area contributed by atoms with Crippen LogP contribution in [0.1, 0.15) is 16.9 Å². The number of aliphatic hydroxyl groups excluding tert-OH is 1. The van der Waals surface area contributed by atoms with E-state index in [0.29, 0.717) is 17.9 Å². The molecule has 3 aromatic rings. The molecule has 0 radical (unpaired) electrons. The van der Waals surface area contributed by atoms with E-state index in [4.69, 9.17) is 0 Å². The van der Waals surface area contributed by atoms with Crippen LogP contribution in [0.25, 0.3) is 16.9 Å². The van der Waals surface area contributed by atoms with Gasteiger partial charge < -0.3 is 15.1 Å². The molecule has 1 saturated heterocycles. The summed E-state index contributed by atoms with van der Waals surface area (Å²) in [6.45, 7) is 0.264. The summed E-state index contributed by atoms with van der Waals surface area (Å²) in [6, 6.07) is 20.6. The Labute approximate surface area is 167 Å². The average molecular weight is 391 g/mol. The lowest BCUT2D eigenvalue weighted by Crippen LogP contribution is -2.49. The molecule has 0 unspecified atom stereocenters. The summed E-state index contributed by atoms with van der Waals surface area (Å²) in [5.41, 5.74) is 2.64. The summed E-state index contributed by atoms with van der Waals surface area (Å²) in [4.78, 5) is 26.2. The summed E-state index contributed by atoms with van der Waals surface area (Å²) in [6.07, 6.45) is -0.719. The number of nitrogens with zero attached hydrogens (tertiary/aromatic N) is 3. The van der Waals surface area contributed by atoms with Crippen molar-refractivity contribution in [2.75, 3.05) is 13.1 Å². The predicted molar refractivity (Wildman–Crippen MR) is 107 cm³/mol. The third-order valence-electron chi connectivity index (χ3n) is 5.18. The molecular formula is C22H21N3O4. The highest BCUT2D eigenvalue weighted by molar-refractivity contribution is 5.94. The van der Waals surface area contributed by atoms with E-state index in [2.05, 4.69) is 5.10 Å². The van der Waals surface area contributed by atoms with Crippen molar-refractivity contribution in [3.05, 3.63) is 72.4 Å². The number of hydrogen-bond donors (Lipinski definition) is 2. The Morgan fingerprint density at radius 3 is 2.31 bits per heavy atom. The number of piperidine rings is 1. The zero-order chi connectivity index (χ0) is 20.4. The number of likely N-dealkylation sites (tertiary alicyclic amines) is 1. The van der Waals surface area contributed by atoms with E-state index in [1.54, 1.807) is 10.7 Å². The van der Waals surface area contributed by atoms with Crippen LogP contribution in [0.3, 0.4) is 0 Å². The minimum absolute atomic E-state index is 0.0318. The molecule has 1 amide bonds. The number of amides is 1. The number of carboxylic acid groups (broad SMARTS) is 1. The van der Waals surface area contributed by atoms with Crippen LogP contribution < -0.4 is 0 Å². The van der Waals surface area contributed by atoms with Crippen LogP contribution in [-0.4, -0.2) is 56.0 Å². The number of para-hydroxylation sites is 1. The Bertz CT molecular complexity index is 1020. The minimum Gasteiger partial charge on any atom is -0.481 e. The second-order valence-electron chi connectivity index (χ2n) is 7.08. The van der Waals surface area contributed by atoms with Crippen LogP contribution in [0.15, 0.2) is 66.7 Å². The molecule has 0 spiro atoms.